The molecule has 2 aliphatic heterocycles. The average Bonchev–Trinajstić information content (AvgIpc) is 3.44. The van der Waals surface area contributed by atoms with Gasteiger partial charge in [-0.15, -0.1) is 0 Å². The number of fused-ring (bicyclic) bond motifs is 1. The fourth-order valence-electron chi connectivity index (χ4n) is 5.08. The fourth-order valence-corrected chi connectivity index (χ4v) is 5.08. The third kappa shape index (κ3) is 4.17. The van der Waals surface area contributed by atoms with Crippen LogP contribution in [0.3, 0.4) is 0 Å². The summed E-state index contributed by atoms with van der Waals surface area (Å²) in [4.78, 5) is 29.9. The standard InChI is InChI=1S/C25H27FN6O3/c1-16-13-18(3-4-19(16)24(34)31-11-6-17(26)14-31)29-22-21-20(5-10-28-23(21)33)32(30-22)25(8-9-27)7-2-12-35-15-25/h3-5,10,13,17H,2,6-8,11-12,14-15H2,1H3,(H,28,33)(H,29,30)/t17-,25+/m1/s1. The van der Waals surface area contributed by atoms with Gasteiger partial charge in [0.2, 0.25) is 0 Å². The zero-order valence-electron chi connectivity index (χ0n) is 19.5. The van der Waals surface area contributed by atoms with Crippen molar-refractivity contribution < 1.29 is 13.9 Å². The second-order valence-corrected chi connectivity index (χ2v) is 9.33. The molecule has 0 aliphatic carbocycles. The second kappa shape index (κ2) is 9.15. The molecule has 35 heavy (non-hydrogen) atoms. The van der Waals surface area contributed by atoms with E-state index in [9.17, 15) is 19.2 Å². The molecule has 2 fully saturated rings. The Morgan fingerprint density at radius 2 is 2.29 bits per heavy atom. The molecule has 182 valence electrons. The molecule has 9 nitrogen and oxygen atoms in total. The number of aromatic amines is 1. The summed E-state index contributed by atoms with van der Waals surface area (Å²) < 4.78 is 21.0. The number of nitriles is 1. The molecule has 1 aromatic carbocycles. The van der Waals surface area contributed by atoms with E-state index in [1.54, 1.807) is 29.1 Å². The number of likely N-dealkylation sites (tertiary alicyclic amines) is 1. The summed E-state index contributed by atoms with van der Waals surface area (Å²) in [7, 11) is 0. The number of carbonyl (C=O) groups excluding carboxylic acids is 1. The first-order valence-corrected chi connectivity index (χ1v) is 11.8. The number of nitrogens with zero attached hydrogens (tertiary/aromatic N) is 4. The SMILES string of the molecule is Cc1cc(Nc2nn([C@]3(CC#N)CCCOC3)c3cc[nH]c(=O)c23)ccc1C(=O)N1CC[C@@H](F)C1. The third-order valence-corrected chi connectivity index (χ3v) is 6.90. The summed E-state index contributed by atoms with van der Waals surface area (Å²) in [6, 6.07) is 9.31. The van der Waals surface area contributed by atoms with Crippen LogP contribution in [0.1, 0.15) is 41.6 Å². The lowest BCUT2D eigenvalue weighted by Gasteiger charge is -2.35. The molecule has 5 rings (SSSR count). The topological polar surface area (TPSA) is 116 Å². The number of carbonyl (C=O) groups is 1. The van der Waals surface area contributed by atoms with Crippen molar-refractivity contribution in [2.45, 2.75) is 44.3 Å². The number of hydrogen-bond donors (Lipinski definition) is 2. The predicted octanol–water partition coefficient (Wildman–Crippen LogP) is 3.38. The van der Waals surface area contributed by atoms with Gasteiger partial charge >= 0.3 is 0 Å². The van der Waals surface area contributed by atoms with Gasteiger partial charge in [-0.25, -0.2) is 4.39 Å². The lowest BCUT2D eigenvalue weighted by atomic mass is 9.89. The normalized spacial score (nSPS) is 22.3. The van der Waals surface area contributed by atoms with Crippen LogP contribution >= 0.6 is 0 Å². The molecular formula is C25H27FN6O3. The summed E-state index contributed by atoms with van der Waals surface area (Å²) in [5.74, 6) is 0.180. The fraction of sp³-hybridized carbons (Fsp3) is 0.440. The number of halogens is 1. The van der Waals surface area contributed by atoms with E-state index in [-0.39, 0.29) is 24.4 Å². The Labute approximate surface area is 201 Å². The predicted molar refractivity (Wildman–Crippen MR) is 128 cm³/mol. The van der Waals surface area contributed by atoms with E-state index in [1.807, 2.05) is 13.0 Å². The number of anilines is 2. The molecule has 2 saturated heterocycles. The number of hydrogen-bond acceptors (Lipinski definition) is 6. The van der Waals surface area contributed by atoms with Crippen LogP contribution in [-0.4, -0.2) is 58.0 Å². The van der Waals surface area contributed by atoms with Gasteiger partial charge in [-0.1, -0.05) is 0 Å². The number of pyridine rings is 1. The van der Waals surface area contributed by atoms with E-state index in [0.29, 0.717) is 54.2 Å². The van der Waals surface area contributed by atoms with Crippen LogP contribution in [0.4, 0.5) is 15.9 Å². The van der Waals surface area contributed by atoms with Crippen molar-refractivity contribution in [3.63, 3.8) is 0 Å². The zero-order valence-corrected chi connectivity index (χ0v) is 19.5. The van der Waals surface area contributed by atoms with Crippen molar-refractivity contribution in [2.24, 2.45) is 0 Å². The lowest BCUT2D eigenvalue weighted by Crippen LogP contribution is -2.42. The Morgan fingerprint density at radius 3 is 2.97 bits per heavy atom. The van der Waals surface area contributed by atoms with E-state index in [4.69, 9.17) is 9.84 Å². The maximum atomic E-state index is 13.6. The summed E-state index contributed by atoms with van der Waals surface area (Å²) in [6.07, 6.45) is 2.69. The van der Waals surface area contributed by atoms with Crippen molar-refractivity contribution >= 4 is 28.3 Å². The maximum Gasteiger partial charge on any atom is 0.261 e. The van der Waals surface area contributed by atoms with Crippen LogP contribution in [0.2, 0.25) is 0 Å². The van der Waals surface area contributed by atoms with E-state index in [2.05, 4.69) is 16.4 Å². The van der Waals surface area contributed by atoms with Crippen LogP contribution in [0.15, 0.2) is 35.3 Å². The number of benzene rings is 1. The number of amides is 1. The van der Waals surface area contributed by atoms with Gasteiger partial charge in [0.25, 0.3) is 11.5 Å². The monoisotopic (exact) mass is 478 g/mol. The van der Waals surface area contributed by atoms with Crippen molar-refractivity contribution in [1.82, 2.24) is 19.7 Å². The Bertz CT molecular complexity index is 1370. The Kier molecular flexibility index (Phi) is 6.03. The molecule has 0 unspecified atom stereocenters. The van der Waals surface area contributed by atoms with Gasteiger partial charge < -0.3 is 19.9 Å². The summed E-state index contributed by atoms with van der Waals surface area (Å²) >= 11 is 0. The molecule has 0 radical (unpaired) electrons. The van der Waals surface area contributed by atoms with Crippen molar-refractivity contribution in [2.75, 3.05) is 31.6 Å². The second-order valence-electron chi connectivity index (χ2n) is 9.33. The van der Waals surface area contributed by atoms with E-state index in [0.717, 1.165) is 18.4 Å². The highest BCUT2D eigenvalue weighted by atomic mass is 19.1. The van der Waals surface area contributed by atoms with Crippen LogP contribution in [0.5, 0.6) is 0 Å². The Balaban J connectivity index is 1.50. The smallest absolute Gasteiger partial charge is 0.261 e. The van der Waals surface area contributed by atoms with E-state index >= 15 is 0 Å². The molecule has 3 aromatic rings. The van der Waals surface area contributed by atoms with Crippen molar-refractivity contribution in [3.8, 4) is 6.07 Å². The van der Waals surface area contributed by atoms with Gasteiger partial charge in [-0.05, 0) is 56.0 Å². The van der Waals surface area contributed by atoms with Gasteiger partial charge in [-0.3, -0.25) is 14.3 Å². The van der Waals surface area contributed by atoms with Crippen LogP contribution in [-0.2, 0) is 10.3 Å². The van der Waals surface area contributed by atoms with Gasteiger partial charge in [0, 0.05) is 30.6 Å². The van der Waals surface area contributed by atoms with Gasteiger partial charge in [-0.2, -0.15) is 10.4 Å². The molecule has 0 bridgehead atoms. The van der Waals surface area contributed by atoms with Crippen LogP contribution in [0, 0.1) is 18.3 Å². The lowest BCUT2D eigenvalue weighted by molar-refractivity contribution is -0.00174. The van der Waals surface area contributed by atoms with Crippen molar-refractivity contribution in [1.29, 1.82) is 5.26 Å². The Hall–Kier alpha value is -3.71. The van der Waals surface area contributed by atoms with E-state index in [1.165, 1.54) is 4.90 Å². The summed E-state index contributed by atoms with van der Waals surface area (Å²) in [5.41, 5.74) is 1.59. The minimum Gasteiger partial charge on any atom is -0.379 e. The molecule has 0 saturated carbocycles. The number of H-pyrrole nitrogens is 1. The molecule has 2 N–H and O–H groups in total. The Morgan fingerprint density at radius 1 is 1.43 bits per heavy atom. The molecule has 4 heterocycles. The number of nitrogens with one attached hydrogen (secondary N) is 2. The number of alkyl halides is 1. The largest absolute Gasteiger partial charge is 0.379 e. The molecule has 2 aromatic heterocycles. The number of aryl methyl sites for hydroxylation is 1. The highest BCUT2D eigenvalue weighted by molar-refractivity contribution is 5.97. The van der Waals surface area contributed by atoms with Crippen LogP contribution in [0.25, 0.3) is 10.9 Å². The molecular weight excluding hydrogens is 451 g/mol. The number of aromatic nitrogens is 3. The minimum absolute atomic E-state index is 0.124. The first kappa shape index (κ1) is 23.1. The summed E-state index contributed by atoms with van der Waals surface area (Å²) in [6.45, 7) is 3.34. The van der Waals surface area contributed by atoms with Gasteiger partial charge in [0.1, 0.15) is 11.6 Å². The van der Waals surface area contributed by atoms with Crippen LogP contribution < -0.4 is 10.9 Å². The highest BCUT2D eigenvalue weighted by Gasteiger charge is 2.38. The van der Waals surface area contributed by atoms with E-state index < -0.39 is 11.7 Å². The third-order valence-electron chi connectivity index (χ3n) is 6.90. The highest BCUT2D eigenvalue weighted by Crippen LogP contribution is 2.35. The first-order chi connectivity index (χ1) is 16.9. The summed E-state index contributed by atoms with van der Waals surface area (Å²) in [5, 5.41) is 17.9. The molecule has 2 atom stereocenters. The molecule has 0 spiro atoms. The average molecular weight is 479 g/mol. The van der Waals surface area contributed by atoms with Gasteiger partial charge in [0.15, 0.2) is 5.82 Å². The maximum absolute atomic E-state index is 13.6. The minimum atomic E-state index is -0.972. The molecule has 10 heteroatoms. The molecule has 1 amide bonds. The number of ether oxygens (including phenoxy) is 1. The first-order valence-electron chi connectivity index (χ1n) is 11.8. The molecule has 2 aliphatic rings. The quantitative estimate of drug-likeness (QED) is 0.581. The van der Waals surface area contributed by atoms with Gasteiger partial charge in [0.05, 0.1) is 36.7 Å². The zero-order chi connectivity index (χ0) is 24.6. The van der Waals surface area contributed by atoms with Crippen molar-refractivity contribution in [3.05, 3.63) is 51.9 Å². The number of rotatable bonds is 5.